The zero-order chi connectivity index (χ0) is 16.3. The van der Waals surface area contributed by atoms with Gasteiger partial charge in [0.15, 0.2) is 0 Å². The lowest BCUT2D eigenvalue weighted by atomic mass is 9.79. The maximum absolute atomic E-state index is 12.7. The highest BCUT2D eigenvalue weighted by molar-refractivity contribution is 7.13. The third-order valence-corrected chi connectivity index (χ3v) is 5.32. The topological polar surface area (TPSA) is 77.2 Å². The average Bonchev–Trinajstić information content (AvgIpc) is 3.02. The summed E-state index contributed by atoms with van der Waals surface area (Å²) < 4.78 is 5.36. The average molecular weight is 331 g/mol. The lowest BCUT2D eigenvalue weighted by molar-refractivity contribution is -0.130. The number of nitrogens with one attached hydrogen (secondary N) is 1. The molecule has 1 aromatic heterocycles. The number of carbonyl (C=O) groups excluding carboxylic acids is 1. The van der Waals surface area contributed by atoms with Crippen LogP contribution in [0.1, 0.15) is 18.5 Å². The lowest BCUT2D eigenvalue weighted by Crippen LogP contribution is -2.46. The van der Waals surface area contributed by atoms with Gasteiger partial charge in [-0.2, -0.15) is 0 Å². The van der Waals surface area contributed by atoms with Crippen molar-refractivity contribution in [3.05, 3.63) is 35.3 Å². The van der Waals surface area contributed by atoms with E-state index < -0.39 is 5.41 Å². The number of nitrogens with zero attached hydrogens (tertiary/aromatic N) is 1. The fourth-order valence-corrected chi connectivity index (χ4v) is 3.56. The van der Waals surface area contributed by atoms with Gasteiger partial charge in [-0.1, -0.05) is 12.1 Å². The Morgan fingerprint density at radius 2 is 2.22 bits per heavy atom. The Labute approximate surface area is 139 Å². The number of rotatable bonds is 4. The molecule has 3 rings (SSSR count). The van der Waals surface area contributed by atoms with E-state index in [1.807, 2.05) is 36.6 Å². The van der Waals surface area contributed by atoms with Crippen LogP contribution in [-0.2, 0) is 9.53 Å². The zero-order valence-corrected chi connectivity index (χ0v) is 14.0. The van der Waals surface area contributed by atoms with E-state index >= 15 is 0 Å². The number of benzene rings is 1. The molecule has 2 aromatic rings. The minimum absolute atomic E-state index is 0.0178. The van der Waals surface area contributed by atoms with E-state index in [-0.39, 0.29) is 5.91 Å². The number of hydrogen-bond acceptors (Lipinski definition) is 5. The molecule has 0 unspecified atom stereocenters. The van der Waals surface area contributed by atoms with Crippen LogP contribution in [0.2, 0.25) is 0 Å². The molecule has 1 saturated heterocycles. The minimum atomic E-state index is -0.522. The fourth-order valence-electron chi connectivity index (χ4n) is 2.77. The SMILES string of the molecule is Cc1csc(-c2cccc(NC(=O)C3(CN)CCOCC3)c2)n1. The molecule has 6 heteroatoms. The van der Waals surface area contributed by atoms with Crippen molar-refractivity contribution in [3.8, 4) is 10.6 Å². The maximum atomic E-state index is 12.7. The van der Waals surface area contributed by atoms with Crippen molar-refractivity contribution < 1.29 is 9.53 Å². The first-order valence-electron chi connectivity index (χ1n) is 7.75. The summed E-state index contributed by atoms with van der Waals surface area (Å²) >= 11 is 1.60. The van der Waals surface area contributed by atoms with Gasteiger partial charge in [0.2, 0.25) is 5.91 Å². The van der Waals surface area contributed by atoms with Crippen LogP contribution in [0.4, 0.5) is 5.69 Å². The predicted octanol–water partition coefficient (Wildman–Crippen LogP) is 2.81. The van der Waals surface area contributed by atoms with Crippen molar-refractivity contribution in [2.45, 2.75) is 19.8 Å². The van der Waals surface area contributed by atoms with Crippen LogP contribution >= 0.6 is 11.3 Å². The van der Waals surface area contributed by atoms with Crippen LogP contribution in [0.25, 0.3) is 10.6 Å². The summed E-state index contributed by atoms with van der Waals surface area (Å²) in [6, 6.07) is 7.78. The Balaban J connectivity index is 1.78. The van der Waals surface area contributed by atoms with Crippen LogP contribution in [0.15, 0.2) is 29.6 Å². The van der Waals surface area contributed by atoms with Crippen molar-refractivity contribution in [2.24, 2.45) is 11.1 Å². The molecule has 1 aliphatic rings. The molecule has 23 heavy (non-hydrogen) atoms. The molecular weight excluding hydrogens is 310 g/mol. The van der Waals surface area contributed by atoms with Crippen LogP contribution in [-0.4, -0.2) is 30.6 Å². The molecule has 1 amide bonds. The fraction of sp³-hybridized carbons (Fsp3) is 0.412. The third-order valence-electron chi connectivity index (χ3n) is 4.31. The molecule has 0 saturated carbocycles. The summed E-state index contributed by atoms with van der Waals surface area (Å²) in [5, 5.41) is 6.00. The predicted molar refractivity (Wildman–Crippen MR) is 92.5 cm³/mol. The second-order valence-corrected chi connectivity index (χ2v) is 6.78. The second kappa shape index (κ2) is 6.78. The van der Waals surface area contributed by atoms with Crippen molar-refractivity contribution >= 4 is 22.9 Å². The van der Waals surface area contributed by atoms with Gasteiger partial charge in [-0.3, -0.25) is 4.79 Å². The number of carbonyl (C=O) groups is 1. The van der Waals surface area contributed by atoms with Crippen molar-refractivity contribution in [1.29, 1.82) is 0 Å². The standard InChI is InChI=1S/C17H21N3O2S/c1-12-10-23-15(19-12)13-3-2-4-14(9-13)20-16(21)17(11-18)5-7-22-8-6-17/h2-4,9-10H,5-8,11,18H2,1H3,(H,20,21). The normalized spacial score (nSPS) is 17.0. The Hall–Kier alpha value is -1.76. The number of hydrogen-bond donors (Lipinski definition) is 2. The number of ether oxygens (including phenoxy) is 1. The first-order valence-corrected chi connectivity index (χ1v) is 8.63. The van der Waals surface area contributed by atoms with E-state index in [1.54, 1.807) is 11.3 Å². The molecule has 1 aromatic carbocycles. The Kier molecular flexibility index (Phi) is 4.75. The number of amides is 1. The summed E-state index contributed by atoms with van der Waals surface area (Å²) in [5.41, 5.74) is 8.16. The minimum Gasteiger partial charge on any atom is -0.381 e. The summed E-state index contributed by atoms with van der Waals surface area (Å²) in [6.07, 6.45) is 1.33. The van der Waals surface area contributed by atoms with Gasteiger partial charge in [-0.05, 0) is 31.9 Å². The number of nitrogens with two attached hydrogens (primary N) is 1. The molecule has 122 valence electrons. The van der Waals surface area contributed by atoms with Crippen molar-refractivity contribution in [1.82, 2.24) is 4.98 Å². The van der Waals surface area contributed by atoms with E-state index in [0.29, 0.717) is 32.6 Å². The summed E-state index contributed by atoms with van der Waals surface area (Å²) in [6.45, 7) is 3.49. The van der Waals surface area contributed by atoms with E-state index in [2.05, 4.69) is 10.3 Å². The van der Waals surface area contributed by atoms with Crippen LogP contribution in [0.3, 0.4) is 0 Å². The smallest absolute Gasteiger partial charge is 0.232 e. The number of aromatic nitrogens is 1. The second-order valence-electron chi connectivity index (χ2n) is 5.93. The maximum Gasteiger partial charge on any atom is 0.232 e. The molecule has 0 spiro atoms. The van der Waals surface area contributed by atoms with E-state index in [4.69, 9.17) is 10.5 Å². The monoisotopic (exact) mass is 331 g/mol. The summed E-state index contributed by atoms with van der Waals surface area (Å²) in [5.74, 6) is -0.0178. The highest BCUT2D eigenvalue weighted by Gasteiger charge is 2.38. The molecule has 3 N–H and O–H groups in total. The van der Waals surface area contributed by atoms with Gasteiger partial charge in [0, 0.05) is 42.1 Å². The molecule has 2 heterocycles. The molecule has 5 nitrogen and oxygen atoms in total. The number of aryl methyl sites for hydroxylation is 1. The van der Waals surface area contributed by atoms with E-state index in [0.717, 1.165) is 22.0 Å². The van der Waals surface area contributed by atoms with Crippen LogP contribution < -0.4 is 11.1 Å². The van der Waals surface area contributed by atoms with E-state index in [1.165, 1.54) is 0 Å². The summed E-state index contributed by atoms with van der Waals surface area (Å²) in [4.78, 5) is 17.2. The summed E-state index contributed by atoms with van der Waals surface area (Å²) in [7, 11) is 0. The largest absolute Gasteiger partial charge is 0.381 e. The van der Waals surface area contributed by atoms with Gasteiger partial charge < -0.3 is 15.8 Å². The highest BCUT2D eigenvalue weighted by atomic mass is 32.1. The van der Waals surface area contributed by atoms with Gasteiger partial charge >= 0.3 is 0 Å². The van der Waals surface area contributed by atoms with Gasteiger partial charge in [-0.25, -0.2) is 4.98 Å². The molecule has 1 fully saturated rings. The first kappa shape index (κ1) is 16.1. The molecule has 0 aliphatic carbocycles. The number of anilines is 1. The molecule has 0 bridgehead atoms. The van der Waals surface area contributed by atoms with Crippen molar-refractivity contribution in [2.75, 3.05) is 25.1 Å². The van der Waals surface area contributed by atoms with Crippen molar-refractivity contribution in [3.63, 3.8) is 0 Å². The Morgan fingerprint density at radius 3 is 2.87 bits per heavy atom. The zero-order valence-electron chi connectivity index (χ0n) is 13.2. The highest BCUT2D eigenvalue weighted by Crippen LogP contribution is 2.32. The Bertz CT molecular complexity index is 693. The third kappa shape index (κ3) is 3.44. The van der Waals surface area contributed by atoms with Gasteiger partial charge in [0.05, 0.1) is 5.41 Å². The van der Waals surface area contributed by atoms with Crippen LogP contribution in [0.5, 0.6) is 0 Å². The Morgan fingerprint density at radius 1 is 1.43 bits per heavy atom. The molecular formula is C17H21N3O2S. The van der Waals surface area contributed by atoms with Gasteiger partial charge in [-0.15, -0.1) is 11.3 Å². The first-order chi connectivity index (χ1) is 11.1. The van der Waals surface area contributed by atoms with E-state index in [9.17, 15) is 4.79 Å². The molecule has 0 atom stereocenters. The van der Waals surface area contributed by atoms with Gasteiger partial charge in [0.1, 0.15) is 5.01 Å². The number of thiazole rings is 1. The van der Waals surface area contributed by atoms with Gasteiger partial charge in [0.25, 0.3) is 0 Å². The molecule has 0 radical (unpaired) electrons. The van der Waals surface area contributed by atoms with Crippen LogP contribution in [0, 0.1) is 12.3 Å². The quantitative estimate of drug-likeness (QED) is 0.903. The lowest BCUT2D eigenvalue weighted by Gasteiger charge is -2.34. The molecule has 1 aliphatic heterocycles.